The van der Waals surface area contributed by atoms with Gasteiger partial charge in [0, 0.05) is 5.56 Å². The van der Waals surface area contributed by atoms with Crippen LogP contribution in [-0.2, 0) is 5.41 Å². The van der Waals surface area contributed by atoms with Crippen LogP contribution in [0.25, 0.3) is 0 Å². The lowest BCUT2D eigenvalue weighted by Crippen LogP contribution is -2.05. The van der Waals surface area contributed by atoms with Crippen LogP contribution in [0.3, 0.4) is 0 Å². The van der Waals surface area contributed by atoms with Crippen LogP contribution >= 0.6 is 11.6 Å². The highest BCUT2D eigenvalue weighted by molar-refractivity contribution is 6.32. The Bertz CT molecular complexity index is 492. The fourth-order valence-electron chi connectivity index (χ4n) is 1.71. The summed E-state index contributed by atoms with van der Waals surface area (Å²) in [5.74, 6) is -1.65. The molecule has 1 aromatic carbocycles. The number of ether oxygens (including phenoxy) is 1. The monoisotopic (exact) mass is 241 g/mol. The Hall–Kier alpha value is -1.47. The first-order valence-corrected chi connectivity index (χ1v) is 5.10. The van der Waals surface area contributed by atoms with E-state index in [9.17, 15) is 9.50 Å². The molecule has 0 unspecified atom stereocenters. The summed E-state index contributed by atoms with van der Waals surface area (Å²) >= 11 is 5.81. The lowest BCUT2D eigenvalue weighted by atomic mass is 9.96. The van der Waals surface area contributed by atoms with E-state index in [1.807, 2.05) is 0 Å². The molecule has 1 aliphatic carbocycles. The quantitative estimate of drug-likeness (QED) is 0.866. The van der Waals surface area contributed by atoms with Crippen LogP contribution < -0.4 is 4.74 Å². The molecule has 5 heteroatoms. The Morgan fingerprint density at radius 2 is 2.25 bits per heavy atom. The second kappa shape index (κ2) is 3.53. The standard InChI is InChI=1S/C11H9ClFNO2/c1-16-10-7(12)4-6(9(15)8(10)13)11(5-14)2-3-11/h4,15H,2-3H2,1H3. The smallest absolute Gasteiger partial charge is 0.208 e. The number of phenolic OH excluding ortho intramolecular Hbond substituents is 1. The molecule has 1 aliphatic rings. The first-order chi connectivity index (χ1) is 7.55. The van der Waals surface area contributed by atoms with Gasteiger partial charge in [-0.2, -0.15) is 9.65 Å². The second-order valence-electron chi connectivity index (χ2n) is 3.80. The Labute approximate surface area is 97.0 Å². The maximum atomic E-state index is 13.6. The molecule has 1 aromatic rings. The fraction of sp³-hybridized carbons (Fsp3) is 0.364. The van der Waals surface area contributed by atoms with Crippen molar-refractivity contribution in [2.75, 3.05) is 7.11 Å². The number of hydrogen-bond donors (Lipinski definition) is 1. The van der Waals surface area contributed by atoms with Crippen molar-refractivity contribution in [1.29, 1.82) is 5.26 Å². The van der Waals surface area contributed by atoms with Gasteiger partial charge >= 0.3 is 0 Å². The minimum atomic E-state index is -0.911. The van der Waals surface area contributed by atoms with Crippen LogP contribution in [0.5, 0.6) is 11.5 Å². The van der Waals surface area contributed by atoms with Gasteiger partial charge in [-0.15, -0.1) is 0 Å². The van der Waals surface area contributed by atoms with E-state index < -0.39 is 17.0 Å². The van der Waals surface area contributed by atoms with Gasteiger partial charge in [0.25, 0.3) is 0 Å². The van der Waals surface area contributed by atoms with Crippen molar-refractivity contribution in [3.05, 3.63) is 22.5 Å². The maximum absolute atomic E-state index is 13.6. The number of nitriles is 1. The predicted molar refractivity (Wildman–Crippen MR) is 56.2 cm³/mol. The van der Waals surface area contributed by atoms with Crippen molar-refractivity contribution in [3.8, 4) is 17.6 Å². The van der Waals surface area contributed by atoms with E-state index in [1.165, 1.54) is 13.2 Å². The highest BCUT2D eigenvalue weighted by atomic mass is 35.5. The van der Waals surface area contributed by atoms with Gasteiger partial charge in [0.15, 0.2) is 11.5 Å². The highest BCUT2D eigenvalue weighted by Crippen LogP contribution is 2.53. The summed E-state index contributed by atoms with van der Waals surface area (Å²) in [4.78, 5) is 0. The van der Waals surface area contributed by atoms with Crippen molar-refractivity contribution < 1.29 is 14.2 Å². The molecular weight excluding hydrogens is 233 g/mol. The van der Waals surface area contributed by atoms with Crippen molar-refractivity contribution in [2.45, 2.75) is 18.3 Å². The molecule has 1 saturated carbocycles. The molecule has 0 spiro atoms. The number of halogens is 2. The van der Waals surface area contributed by atoms with Crippen LogP contribution in [0.15, 0.2) is 6.07 Å². The summed E-state index contributed by atoms with van der Waals surface area (Å²) in [6.45, 7) is 0. The molecule has 0 amide bonds. The minimum absolute atomic E-state index is 0.0642. The van der Waals surface area contributed by atoms with Crippen LogP contribution in [-0.4, -0.2) is 12.2 Å². The van der Waals surface area contributed by atoms with E-state index >= 15 is 0 Å². The molecule has 84 valence electrons. The van der Waals surface area contributed by atoms with E-state index in [-0.39, 0.29) is 16.3 Å². The van der Waals surface area contributed by atoms with Gasteiger partial charge in [-0.1, -0.05) is 11.6 Å². The summed E-state index contributed by atoms with van der Waals surface area (Å²) in [5, 5.41) is 18.7. The topological polar surface area (TPSA) is 53.2 Å². The first kappa shape index (κ1) is 11.0. The molecule has 0 radical (unpaired) electrons. The van der Waals surface area contributed by atoms with Gasteiger partial charge in [-0.3, -0.25) is 0 Å². The zero-order chi connectivity index (χ0) is 11.9. The molecule has 16 heavy (non-hydrogen) atoms. The van der Waals surface area contributed by atoms with E-state index in [1.54, 1.807) is 0 Å². The Morgan fingerprint density at radius 3 is 2.69 bits per heavy atom. The van der Waals surface area contributed by atoms with Gasteiger partial charge in [-0.25, -0.2) is 0 Å². The van der Waals surface area contributed by atoms with Gasteiger partial charge in [0.1, 0.15) is 0 Å². The molecule has 0 atom stereocenters. The number of hydrogen-bond acceptors (Lipinski definition) is 3. The number of aromatic hydroxyl groups is 1. The summed E-state index contributed by atoms with van der Waals surface area (Å²) in [6, 6.07) is 3.47. The Morgan fingerprint density at radius 1 is 1.62 bits per heavy atom. The number of nitrogens with zero attached hydrogens (tertiary/aromatic N) is 1. The number of benzene rings is 1. The number of rotatable bonds is 2. The van der Waals surface area contributed by atoms with Crippen LogP contribution in [0.1, 0.15) is 18.4 Å². The van der Waals surface area contributed by atoms with Crippen LogP contribution in [0, 0.1) is 17.1 Å². The molecule has 0 heterocycles. The highest BCUT2D eigenvalue weighted by Gasteiger charge is 2.48. The average Bonchev–Trinajstić information content (AvgIpc) is 3.05. The van der Waals surface area contributed by atoms with Gasteiger partial charge in [0.2, 0.25) is 5.82 Å². The lowest BCUT2D eigenvalue weighted by Gasteiger charge is -2.13. The normalized spacial score (nSPS) is 16.6. The van der Waals surface area contributed by atoms with Crippen LogP contribution in [0.4, 0.5) is 4.39 Å². The third kappa shape index (κ3) is 1.40. The largest absolute Gasteiger partial charge is 0.504 e. The van der Waals surface area contributed by atoms with Gasteiger partial charge < -0.3 is 9.84 Å². The SMILES string of the molecule is COc1c(Cl)cc(C2(C#N)CC2)c(O)c1F. The number of phenols is 1. The summed E-state index contributed by atoms with van der Waals surface area (Å²) in [7, 11) is 1.26. The molecule has 0 saturated heterocycles. The molecule has 0 aromatic heterocycles. The first-order valence-electron chi connectivity index (χ1n) is 4.72. The molecular formula is C11H9ClFNO2. The Kier molecular flexibility index (Phi) is 2.43. The lowest BCUT2D eigenvalue weighted by molar-refractivity contribution is 0.361. The van der Waals surface area contributed by atoms with Crippen LogP contribution in [0.2, 0.25) is 5.02 Å². The molecule has 2 rings (SSSR count). The third-order valence-corrected chi connectivity index (χ3v) is 3.11. The number of methoxy groups -OCH3 is 1. The average molecular weight is 242 g/mol. The Balaban J connectivity index is 2.62. The fourth-order valence-corrected chi connectivity index (χ4v) is 1.98. The van der Waals surface area contributed by atoms with Crippen molar-refractivity contribution in [3.63, 3.8) is 0 Å². The molecule has 1 fully saturated rings. The molecule has 1 N–H and O–H groups in total. The molecule has 0 aliphatic heterocycles. The maximum Gasteiger partial charge on any atom is 0.208 e. The van der Waals surface area contributed by atoms with Crippen molar-refractivity contribution in [2.24, 2.45) is 0 Å². The van der Waals surface area contributed by atoms with E-state index in [2.05, 4.69) is 6.07 Å². The zero-order valence-corrected chi connectivity index (χ0v) is 9.31. The van der Waals surface area contributed by atoms with Crippen molar-refractivity contribution >= 4 is 11.6 Å². The summed E-state index contributed by atoms with van der Waals surface area (Å²) in [5.41, 5.74) is -0.529. The summed E-state index contributed by atoms with van der Waals surface area (Å²) in [6.07, 6.45) is 1.22. The zero-order valence-electron chi connectivity index (χ0n) is 8.55. The minimum Gasteiger partial charge on any atom is -0.504 e. The van der Waals surface area contributed by atoms with E-state index in [4.69, 9.17) is 21.6 Å². The van der Waals surface area contributed by atoms with Gasteiger partial charge in [-0.05, 0) is 18.9 Å². The summed E-state index contributed by atoms with van der Waals surface area (Å²) < 4.78 is 18.4. The molecule has 3 nitrogen and oxygen atoms in total. The van der Waals surface area contributed by atoms with Crippen molar-refractivity contribution in [1.82, 2.24) is 0 Å². The van der Waals surface area contributed by atoms with E-state index in [0.717, 1.165) is 0 Å². The molecule has 0 bridgehead atoms. The van der Waals surface area contributed by atoms with E-state index in [0.29, 0.717) is 12.8 Å². The predicted octanol–water partition coefficient (Wildman–Crippen LogP) is 2.75. The van der Waals surface area contributed by atoms with Gasteiger partial charge in [0.05, 0.1) is 23.6 Å². The third-order valence-electron chi connectivity index (χ3n) is 2.83. The second-order valence-corrected chi connectivity index (χ2v) is 4.20.